The van der Waals surface area contributed by atoms with Crippen LogP contribution in [-0.4, -0.2) is 11.6 Å². The van der Waals surface area contributed by atoms with Crippen molar-refractivity contribution < 1.29 is 4.74 Å². The van der Waals surface area contributed by atoms with E-state index in [2.05, 4.69) is 35.4 Å². The average Bonchev–Trinajstić information content (AvgIpc) is 3.05. The molecule has 1 atom stereocenters. The number of hydrogen-bond donors (Lipinski definition) is 1. The molecule has 0 spiro atoms. The van der Waals surface area contributed by atoms with Crippen LogP contribution in [0.4, 0.5) is 0 Å². The maximum Gasteiger partial charge on any atom is 0.122 e. The van der Waals surface area contributed by atoms with Gasteiger partial charge in [-0.05, 0) is 24.1 Å². The Bertz CT molecular complexity index is 525. The molecule has 1 aliphatic heterocycles. The smallest absolute Gasteiger partial charge is 0.122 e. The van der Waals surface area contributed by atoms with Crippen molar-refractivity contribution in [3.05, 3.63) is 45.9 Å². The van der Waals surface area contributed by atoms with Crippen LogP contribution in [0.3, 0.4) is 0 Å². The molecule has 0 amide bonds. The first-order valence-electron chi connectivity index (χ1n) is 6.19. The highest BCUT2D eigenvalue weighted by molar-refractivity contribution is 7.09. The Balaban J connectivity index is 1.67. The topological polar surface area (TPSA) is 34.2 Å². The molecule has 94 valence electrons. The summed E-state index contributed by atoms with van der Waals surface area (Å²) in [5, 5.41) is 3.52. The lowest BCUT2D eigenvalue weighted by atomic mass is 10.0. The highest BCUT2D eigenvalue weighted by Gasteiger charge is 2.14. The van der Waals surface area contributed by atoms with Crippen molar-refractivity contribution in [1.29, 1.82) is 0 Å². The van der Waals surface area contributed by atoms with Gasteiger partial charge in [0.2, 0.25) is 0 Å². The molecule has 1 N–H and O–H groups in total. The minimum Gasteiger partial charge on any atom is -0.493 e. The molecule has 4 heteroatoms. The van der Waals surface area contributed by atoms with Gasteiger partial charge in [-0.1, -0.05) is 12.1 Å². The molecule has 0 bridgehead atoms. The minimum atomic E-state index is 0.345. The highest BCUT2D eigenvalue weighted by Crippen LogP contribution is 2.28. The number of fused-ring (bicyclic) bond motifs is 1. The quantitative estimate of drug-likeness (QED) is 0.917. The van der Waals surface area contributed by atoms with Gasteiger partial charge in [0.15, 0.2) is 0 Å². The van der Waals surface area contributed by atoms with Gasteiger partial charge in [0.05, 0.1) is 12.1 Å². The number of ether oxygens (including phenoxy) is 1. The fourth-order valence-electron chi connectivity index (χ4n) is 2.18. The summed E-state index contributed by atoms with van der Waals surface area (Å²) in [5.74, 6) is 1.05. The molecule has 1 aromatic carbocycles. The van der Waals surface area contributed by atoms with Crippen LogP contribution in [0.25, 0.3) is 0 Å². The van der Waals surface area contributed by atoms with Crippen molar-refractivity contribution in [2.24, 2.45) is 0 Å². The van der Waals surface area contributed by atoms with Gasteiger partial charge in [0.25, 0.3) is 0 Å². The van der Waals surface area contributed by atoms with E-state index >= 15 is 0 Å². The Morgan fingerprint density at radius 2 is 2.44 bits per heavy atom. The number of nitrogens with zero attached hydrogens (tertiary/aromatic N) is 1. The number of thiazole rings is 1. The lowest BCUT2D eigenvalue weighted by Gasteiger charge is -2.14. The van der Waals surface area contributed by atoms with E-state index in [9.17, 15) is 0 Å². The van der Waals surface area contributed by atoms with E-state index in [1.807, 2.05) is 11.7 Å². The molecule has 0 saturated heterocycles. The second kappa shape index (κ2) is 5.08. The summed E-state index contributed by atoms with van der Waals surface area (Å²) in [6, 6.07) is 6.84. The Labute approximate surface area is 111 Å². The molecule has 1 aromatic heterocycles. The van der Waals surface area contributed by atoms with Gasteiger partial charge in [0, 0.05) is 30.1 Å². The average molecular weight is 260 g/mol. The van der Waals surface area contributed by atoms with Gasteiger partial charge in [-0.2, -0.15) is 0 Å². The Hall–Kier alpha value is -1.39. The molecule has 1 unspecified atom stereocenters. The first-order valence-corrected chi connectivity index (χ1v) is 7.07. The molecular weight excluding hydrogens is 244 g/mol. The molecule has 3 rings (SSSR count). The maximum absolute atomic E-state index is 5.53. The van der Waals surface area contributed by atoms with Crippen LogP contribution in [-0.2, 0) is 13.0 Å². The van der Waals surface area contributed by atoms with Crippen LogP contribution in [0.15, 0.2) is 29.9 Å². The molecular formula is C14H16N2OS. The number of benzene rings is 1. The zero-order valence-electron chi connectivity index (χ0n) is 10.3. The second-order valence-corrected chi connectivity index (χ2v) is 5.51. The van der Waals surface area contributed by atoms with Crippen molar-refractivity contribution >= 4 is 11.3 Å². The Morgan fingerprint density at radius 1 is 1.50 bits per heavy atom. The molecule has 3 nitrogen and oxygen atoms in total. The van der Waals surface area contributed by atoms with Crippen LogP contribution in [0.5, 0.6) is 5.75 Å². The number of nitrogens with one attached hydrogen (secondary N) is 1. The summed E-state index contributed by atoms with van der Waals surface area (Å²) < 4.78 is 5.53. The zero-order valence-corrected chi connectivity index (χ0v) is 11.2. The normalized spacial score (nSPS) is 15.2. The predicted octanol–water partition coefficient (Wildman–Crippen LogP) is 2.93. The van der Waals surface area contributed by atoms with Gasteiger partial charge in [-0.15, -0.1) is 11.3 Å². The van der Waals surface area contributed by atoms with Gasteiger partial charge < -0.3 is 10.1 Å². The highest BCUT2D eigenvalue weighted by atomic mass is 32.1. The minimum absolute atomic E-state index is 0.345. The van der Waals surface area contributed by atoms with Crippen LogP contribution < -0.4 is 10.1 Å². The third-order valence-corrected chi connectivity index (χ3v) is 4.06. The fourth-order valence-corrected chi connectivity index (χ4v) is 2.72. The van der Waals surface area contributed by atoms with Crippen molar-refractivity contribution in [3.8, 4) is 5.75 Å². The van der Waals surface area contributed by atoms with Crippen LogP contribution in [0, 0.1) is 0 Å². The van der Waals surface area contributed by atoms with Crippen molar-refractivity contribution in [1.82, 2.24) is 10.3 Å². The van der Waals surface area contributed by atoms with E-state index in [1.54, 1.807) is 11.3 Å². The van der Waals surface area contributed by atoms with Crippen LogP contribution in [0.1, 0.15) is 29.0 Å². The molecule has 0 saturated carbocycles. The number of aromatic nitrogens is 1. The lowest BCUT2D eigenvalue weighted by molar-refractivity contribution is 0.356. The molecule has 0 radical (unpaired) electrons. The molecule has 0 fully saturated rings. The van der Waals surface area contributed by atoms with E-state index in [0.29, 0.717) is 6.04 Å². The predicted molar refractivity (Wildman–Crippen MR) is 73.0 cm³/mol. The SMILES string of the molecule is CC(NCc1cncs1)c1ccc2c(c1)CCO2. The summed E-state index contributed by atoms with van der Waals surface area (Å²) in [5.41, 5.74) is 4.52. The third-order valence-electron chi connectivity index (χ3n) is 3.28. The van der Waals surface area contributed by atoms with Crippen LogP contribution in [0.2, 0.25) is 0 Å². The number of hydrogen-bond acceptors (Lipinski definition) is 4. The summed E-state index contributed by atoms with van der Waals surface area (Å²) in [6.45, 7) is 3.89. The van der Waals surface area contributed by atoms with E-state index < -0.39 is 0 Å². The van der Waals surface area contributed by atoms with E-state index in [4.69, 9.17) is 4.74 Å². The van der Waals surface area contributed by atoms with Gasteiger partial charge >= 0.3 is 0 Å². The monoisotopic (exact) mass is 260 g/mol. The summed E-state index contributed by atoms with van der Waals surface area (Å²) >= 11 is 1.69. The zero-order chi connectivity index (χ0) is 12.4. The van der Waals surface area contributed by atoms with E-state index in [1.165, 1.54) is 16.0 Å². The van der Waals surface area contributed by atoms with Crippen molar-refractivity contribution in [3.63, 3.8) is 0 Å². The van der Waals surface area contributed by atoms with E-state index in [-0.39, 0.29) is 0 Å². The largest absolute Gasteiger partial charge is 0.493 e. The Morgan fingerprint density at radius 3 is 3.28 bits per heavy atom. The van der Waals surface area contributed by atoms with Crippen LogP contribution >= 0.6 is 11.3 Å². The maximum atomic E-state index is 5.53. The first kappa shape index (κ1) is 11.7. The number of rotatable bonds is 4. The summed E-state index contributed by atoms with van der Waals surface area (Å²) in [6.07, 6.45) is 2.95. The molecule has 18 heavy (non-hydrogen) atoms. The van der Waals surface area contributed by atoms with Gasteiger partial charge in [0.1, 0.15) is 5.75 Å². The molecule has 1 aliphatic rings. The summed E-state index contributed by atoms with van der Waals surface area (Å²) in [4.78, 5) is 5.35. The van der Waals surface area contributed by atoms with Gasteiger partial charge in [-0.25, -0.2) is 0 Å². The molecule has 2 aromatic rings. The lowest BCUT2D eigenvalue weighted by Crippen LogP contribution is -2.17. The third kappa shape index (κ3) is 2.40. The molecule has 0 aliphatic carbocycles. The molecule has 2 heterocycles. The van der Waals surface area contributed by atoms with Gasteiger partial charge in [-0.3, -0.25) is 4.98 Å². The standard InChI is InChI=1S/C14H16N2OS/c1-10(16-8-13-7-15-9-18-13)11-2-3-14-12(6-11)4-5-17-14/h2-3,6-7,9-10,16H,4-5,8H2,1H3. The first-order chi connectivity index (χ1) is 8.83. The second-order valence-electron chi connectivity index (χ2n) is 4.54. The van der Waals surface area contributed by atoms with Crippen molar-refractivity contribution in [2.45, 2.75) is 25.9 Å². The summed E-state index contributed by atoms with van der Waals surface area (Å²) in [7, 11) is 0. The van der Waals surface area contributed by atoms with Crippen molar-refractivity contribution in [2.75, 3.05) is 6.61 Å². The van der Waals surface area contributed by atoms with E-state index in [0.717, 1.165) is 25.3 Å². The fraction of sp³-hybridized carbons (Fsp3) is 0.357. The Kier molecular flexibility index (Phi) is 3.30.